The average molecular weight is 1680 g/mol. The van der Waals surface area contributed by atoms with Crippen LogP contribution in [0.15, 0.2) is 206 Å². The van der Waals surface area contributed by atoms with Gasteiger partial charge in [0.15, 0.2) is 17.2 Å². The number of amides is 1. The number of fused-ring (bicyclic) bond motifs is 6. The summed E-state index contributed by atoms with van der Waals surface area (Å²) in [5.74, 6) is -1.29. The summed E-state index contributed by atoms with van der Waals surface area (Å²) in [5.41, 5.74) is 4.86. The molecular weight excluding hydrogens is 1580 g/mol. The molecule has 0 spiro atoms. The molecule has 7 N–H and O–H groups in total. The van der Waals surface area contributed by atoms with Gasteiger partial charge in [-0.1, -0.05) is 125 Å². The van der Waals surface area contributed by atoms with E-state index in [-0.39, 0.29) is 52.0 Å². The Morgan fingerprint density at radius 2 is 1.32 bits per heavy atom. The molecule has 5 atom stereocenters. The molecule has 2 heterocycles. The summed E-state index contributed by atoms with van der Waals surface area (Å²) < 4.78 is 50.6. The van der Waals surface area contributed by atoms with Crippen LogP contribution in [0, 0.1) is 44.6 Å². The van der Waals surface area contributed by atoms with Crippen molar-refractivity contribution >= 4 is 109 Å². The number of nitrogens with zero attached hydrogens (tertiary/aromatic N) is 3. The third kappa shape index (κ3) is 23.8. The normalized spacial score (nSPS) is 18.9. The first-order chi connectivity index (χ1) is 55.5. The van der Waals surface area contributed by atoms with Crippen LogP contribution in [0.4, 0.5) is 24.5 Å². The van der Waals surface area contributed by atoms with E-state index in [4.69, 9.17) is 41.5 Å². The van der Waals surface area contributed by atoms with Crippen molar-refractivity contribution in [3.63, 3.8) is 0 Å². The Morgan fingerprint density at radius 3 is 1.88 bits per heavy atom. The number of carbonyl (C=O) groups is 7. The van der Waals surface area contributed by atoms with Gasteiger partial charge in [0.25, 0.3) is 5.69 Å². The molecule has 5 aliphatic rings. The average Bonchev–Trinajstić information content (AvgIpc) is 1.31. The van der Waals surface area contributed by atoms with E-state index in [9.17, 15) is 67.1 Å². The highest BCUT2D eigenvalue weighted by Gasteiger charge is 2.59. The number of halogens is 5. The van der Waals surface area contributed by atoms with Gasteiger partial charge in [-0.15, -0.1) is 35.3 Å². The maximum absolute atomic E-state index is 13.6. The van der Waals surface area contributed by atoms with Crippen LogP contribution in [0.1, 0.15) is 136 Å². The van der Waals surface area contributed by atoms with E-state index in [0.717, 1.165) is 120 Å². The number of piperidine rings is 1. The number of anilines is 1. The second-order valence-corrected chi connectivity index (χ2v) is 32.1. The number of ketones is 3. The number of ether oxygens (including phenoxy) is 2. The Hall–Kier alpha value is -10.8. The first kappa shape index (κ1) is 92.7. The van der Waals surface area contributed by atoms with Crippen molar-refractivity contribution in [2.24, 2.45) is 34.5 Å². The molecule has 1 amide bonds. The van der Waals surface area contributed by atoms with Gasteiger partial charge in [0, 0.05) is 80.0 Å². The standard InChI is InChI=1S/C28H27NO4S.C26H28ClNO.C20H24O2.C11H11F3N2O3.C6H8O7.ClH/c30-21-8-4-20(5-9-21)28-26(24-13-10-22(31)18-25(24)34-28)27(32)19-6-11-23(12-7-19)33-17-16-29-14-2-1-3-15-29;1-28(2)19-20-29-24-15-13-23(14-16-24)26(22-11-7-4-8-12-22)25(17-18-27)21-9-5-3-6-10-21;1-12-10-14-15-4-5-18(22)20(15,3)9-7-16(14)19(2)8-6-13(21)11-17(12)19;1-6(2)10(17)15-7-3-4-9(16(18)19)8(5-7)11(12,13)14;7-3(8)1-6(13,5(11)12)2-4(9)10;/h4-13,18,30-31H,1-3,14-17H2;3-16H,17-20H2,1-2H3;6,8,11,14-16H,1,4-5,7,9-10H2,2-3H3;3-6H,1-2H3,(H,15,17);13H,1-2H2,(H,7,8)(H,9,10)(H,11,12);1H/b;26-25-;;;;/t;;14-,15-,16-,19+,20-;;;/m..0.../s1. The monoisotopic (exact) mass is 1680 g/mol. The van der Waals surface area contributed by atoms with Crippen molar-refractivity contribution in [2.45, 2.75) is 110 Å². The zero-order valence-electron chi connectivity index (χ0n) is 66.5. The van der Waals surface area contributed by atoms with Crippen molar-refractivity contribution in [1.82, 2.24) is 9.80 Å². The van der Waals surface area contributed by atoms with Gasteiger partial charge in [-0.05, 0) is 232 Å². The van der Waals surface area contributed by atoms with Gasteiger partial charge in [0.05, 0.1) is 17.8 Å². The summed E-state index contributed by atoms with van der Waals surface area (Å²) in [7, 11) is 4.09. The van der Waals surface area contributed by atoms with Crippen LogP contribution in [0.3, 0.4) is 0 Å². The van der Waals surface area contributed by atoms with Gasteiger partial charge in [-0.25, -0.2) is 4.79 Å². The van der Waals surface area contributed by atoms with Crippen LogP contribution in [0.2, 0.25) is 0 Å². The number of carboxylic acid groups (broad SMARTS) is 3. The fourth-order valence-corrected chi connectivity index (χ4v) is 17.2. The quantitative estimate of drug-likeness (QED) is 0.00971. The number of aromatic hydroxyl groups is 2. The van der Waals surface area contributed by atoms with E-state index >= 15 is 0 Å². The van der Waals surface area contributed by atoms with Crippen LogP contribution in [0.5, 0.6) is 23.0 Å². The third-order valence-corrected chi connectivity index (χ3v) is 23.3. The van der Waals surface area contributed by atoms with Crippen LogP contribution < -0.4 is 14.8 Å². The number of alkyl halides is 4. The number of nitrogens with one attached hydrogen (secondary N) is 1. The predicted octanol–water partition coefficient (Wildman–Crippen LogP) is 18.7. The highest BCUT2D eigenvalue weighted by atomic mass is 35.5. The first-order valence-electron chi connectivity index (χ1n) is 38.6. The second kappa shape index (κ2) is 41.5. The molecule has 626 valence electrons. The summed E-state index contributed by atoms with van der Waals surface area (Å²) in [4.78, 5) is 94.5. The van der Waals surface area contributed by atoms with Crippen LogP contribution in [0.25, 0.3) is 31.7 Å². The Kier molecular flexibility index (Phi) is 32.6. The Morgan fingerprint density at radius 1 is 0.746 bits per heavy atom. The number of allylic oxidation sites excluding steroid dienone is 6. The van der Waals surface area contributed by atoms with Crippen molar-refractivity contribution < 1.29 is 91.8 Å². The number of likely N-dealkylation sites (tertiary alicyclic amines) is 1. The van der Waals surface area contributed by atoms with E-state index in [1.54, 1.807) is 68.5 Å². The van der Waals surface area contributed by atoms with E-state index in [0.29, 0.717) is 59.8 Å². The van der Waals surface area contributed by atoms with Crippen LogP contribution in [-0.4, -0.2) is 151 Å². The van der Waals surface area contributed by atoms with Crippen molar-refractivity contribution in [3.8, 4) is 33.4 Å². The van der Waals surface area contributed by atoms with Crippen molar-refractivity contribution in [3.05, 3.63) is 249 Å². The molecule has 0 radical (unpaired) electrons. The first-order valence-corrected chi connectivity index (χ1v) is 39.9. The fraction of sp³-hybridized carbons (Fsp3) is 0.352. The number of benzene rings is 7. The van der Waals surface area contributed by atoms with Crippen LogP contribution in [-0.2, 0) is 34.9 Å². The lowest BCUT2D eigenvalue weighted by molar-refractivity contribution is -0.388. The Balaban J connectivity index is 0.000000190. The van der Waals surface area contributed by atoms with Crippen LogP contribution >= 0.6 is 35.3 Å². The van der Waals surface area contributed by atoms with Gasteiger partial charge in [0.2, 0.25) is 5.91 Å². The summed E-state index contributed by atoms with van der Waals surface area (Å²) in [6.07, 6.45) is 8.00. The number of hydrogen-bond acceptors (Lipinski definition) is 17. The smallest absolute Gasteiger partial charge is 0.423 e. The summed E-state index contributed by atoms with van der Waals surface area (Å²) in [6.45, 7) is 17.3. The minimum absolute atomic E-state index is 0. The third-order valence-electron chi connectivity index (χ3n) is 21.9. The molecule has 4 fully saturated rings. The highest BCUT2D eigenvalue weighted by molar-refractivity contribution is 7.22. The number of Topliss-reactive ketones (excluding diaryl/α,β-unsaturated/α-hetero) is 1. The Bertz CT molecular complexity index is 4980. The number of thiophene rings is 1. The molecule has 0 bridgehead atoms. The maximum atomic E-state index is 13.6. The number of phenols is 2. The molecule has 13 rings (SSSR count). The lowest BCUT2D eigenvalue weighted by Gasteiger charge is -2.56. The molecule has 21 nitrogen and oxygen atoms in total. The number of likely N-dealkylation sites (N-methyl/N-ethyl adjacent to an activating group) is 1. The fourth-order valence-electron chi connectivity index (χ4n) is 15.8. The minimum atomic E-state index is -4.86. The number of phenolic OH excluding ortho intramolecular Hbond substituents is 2. The zero-order chi connectivity index (χ0) is 85.1. The molecule has 4 aliphatic carbocycles. The van der Waals surface area contributed by atoms with Gasteiger partial charge in [-0.3, -0.25) is 43.8 Å². The number of rotatable bonds is 24. The van der Waals surface area contributed by atoms with E-state index < -0.39 is 70.5 Å². The number of nitro benzene ring substituents is 1. The van der Waals surface area contributed by atoms with Crippen molar-refractivity contribution in [1.29, 1.82) is 0 Å². The Labute approximate surface area is 698 Å². The lowest BCUT2D eigenvalue weighted by atomic mass is 9.48. The molecular formula is C91H99Cl2F3N4O17S. The topological polar surface area (TPSA) is 321 Å². The van der Waals surface area contributed by atoms with Crippen molar-refractivity contribution in [2.75, 3.05) is 64.7 Å². The number of nitro groups is 1. The van der Waals surface area contributed by atoms with E-state index in [1.165, 1.54) is 58.4 Å². The molecule has 1 aliphatic heterocycles. The SMILES string of the molecule is C=C1C[C@@H]2[C@H](CC[C@]3(C)C(=O)CC[C@@H]23)[C@@]2(C)C=CC(=O)C=C12.CC(C)C(=O)Nc1ccc([N+](=O)[O-])c(C(F)(F)F)c1.CN(C)CCOc1ccc(/C(=C(/CCCl)c2ccccc2)c2ccccc2)cc1.Cl.O=C(O)CC(O)(CC(=O)O)C(=O)O.O=C(c1ccc(OCCN2CCCCC2)cc1)c1c(-c2ccc(O)cc2)sc2cc(O)ccc12. The van der Waals surface area contributed by atoms with Gasteiger partial charge in [0.1, 0.15) is 47.6 Å². The van der Waals surface area contributed by atoms with Gasteiger partial charge < -0.3 is 50.3 Å². The van der Waals surface area contributed by atoms with E-state index in [2.05, 4.69) is 114 Å². The lowest BCUT2D eigenvalue weighted by Crippen LogP contribution is -2.50. The molecule has 27 heteroatoms. The number of carbonyl (C=O) groups excluding carboxylic acids is 4. The molecule has 0 unspecified atom stereocenters. The number of carboxylic acids is 3. The zero-order valence-corrected chi connectivity index (χ0v) is 68.9. The van der Waals surface area contributed by atoms with Gasteiger partial charge in [-0.2, -0.15) is 13.2 Å². The van der Waals surface area contributed by atoms with Gasteiger partial charge >= 0.3 is 24.1 Å². The summed E-state index contributed by atoms with van der Waals surface area (Å²) in [6, 6.07) is 51.0. The number of aliphatic carboxylic acids is 3. The predicted molar refractivity (Wildman–Crippen MR) is 453 cm³/mol. The maximum Gasteiger partial charge on any atom is 0.423 e. The minimum Gasteiger partial charge on any atom is -0.508 e. The number of aliphatic hydroxyl groups is 1. The molecule has 7 aromatic carbocycles. The molecule has 8 aromatic rings. The summed E-state index contributed by atoms with van der Waals surface area (Å²) in [5, 5.41) is 67.0. The van der Waals surface area contributed by atoms with E-state index in [1.807, 2.05) is 50.5 Å². The molecule has 1 aromatic heterocycles. The molecule has 3 saturated carbocycles. The number of hydrogen-bond donors (Lipinski definition) is 7. The highest BCUT2D eigenvalue weighted by Crippen LogP contribution is 2.64. The molecule has 118 heavy (non-hydrogen) atoms. The molecule has 1 saturated heterocycles. The summed E-state index contributed by atoms with van der Waals surface area (Å²) >= 11 is 7.67. The largest absolute Gasteiger partial charge is 0.508 e. The second-order valence-electron chi connectivity index (χ2n) is 30.6.